The predicted molar refractivity (Wildman–Crippen MR) is 31.1 cm³/mol. The molecule has 5 heteroatoms. The Morgan fingerprint density at radius 2 is 2.00 bits per heavy atom. The van der Waals surface area contributed by atoms with Crippen molar-refractivity contribution in [1.29, 1.82) is 0 Å². The molecule has 0 aromatic rings. The first-order valence-electron chi connectivity index (χ1n) is 1.82. The summed E-state index contributed by atoms with van der Waals surface area (Å²) in [7, 11) is 0. The lowest BCUT2D eigenvalue weighted by atomic mass is 10.4. The minimum absolute atomic E-state index is 1.03. The minimum atomic E-state index is -1.19. The summed E-state index contributed by atoms with van der Waals surface area (Å²) in [5.41, 5.74) is 4.90. The minimum Gasteiger partial charge on any atom is -0.480 e. The molecule has 0 aliphatic rings. The third-order valence-corrected chi connectivity index (χ3v) is 1.10. The summed E-state index contributed by atoms with van der Waals surface area (Å²) >= 11 is 10.2. The molecule has 0 bridgehead atoms. The number of carbonyl (C=O) groups is 1. The van der Waals surface area contributed by atoms with E-state index in [2.05, 4.69) is 0 Å². The summed E-state index contributed by atoms with van der Waals surface area (Å²) in [5.74, 6) is -1.19. The smallest absolute Gasteiger partial charge is 0.323 e. The van der Waals surface area contributed by atoms with Crippen LogP contribution in [0.4, 0.5) is 0 Å². The highest BCUT2D eigenvalue weighted by Crippen LogP contribution is 2.04. The van der Waals surface area contributed by atoms with Crippen molar-refractivity contribution in [2.45, 2.75) is 10.9 Å². The Balaban J connectivity index is 3.64. The van der Waals surface area contributed by atoms with Crippen molar-refractivity contribution in [1.82, 2.24) is 0 Å². The first-order chi connectivity index (χ1) is 3.55. The van der Waals surface area contributed by atoms with Gasteiger partial charge in [0.15, 0.2) is 0 Å². The molecule has 0 aliphatic heterocycles. The number of carboxylic acid groups (broad SMARTS) is 1. The number of aliphatic carboxylic acids is 1. The molecule has 0 spiro atoms. The molecule has 0 saturated carbocycles. The zero-order valence-corrected chi connectivity index (χ0v) is 5.36. The number of alkyl halides is 2. The first-order valence-corrected chi connectivity index (χ1v) is 2.69. The van der Waals surface area contributed by atoms with E-state index in [1.165, 1.54) is 0 Å². The maximum absolute atomic E-state index is 9.85. The van der Waals surface area contributed by atoms with E-state index >= 15 is 0 Å². The van der Waals surface area contributed by atoms with Crippen LogP contribution in [0.5, 0.6) is 0 Å². The Bertz CT molecular complexity index is 95.3. The molecule has 3 nitrogen and oxygen atoms in total. The second-order valence-corrected chi connectivity index (χ2v) is 2.36. The highest BCUT2D eigenvalue weighted by atomic mass is 35.5. The Labute approximate surface area is 56.4 Å². The first kappa shape index (κ1) is 8.01. The van der Waals surface area contributed by atoms with E-state index in [1.807, 2.05) is 0 Å². The molecule has 0 heterocycles. The van der Waals surface area contributed by atoms with E-state index < -0.39 is 16.8 Å². The van der Waals surface area contributed by atoms with Gasteiger partial charge in [-0.25, -0.2) is 0 Å². The molecule has 0 saturated heterocycles. The second-order valence-electron chi connectivity index (χ2n) is 1.20. The van der Waals surface area contributed by atoms with Crippen molar-refractivity contribution in [2.24, 2.45) is 5.73 Å². The van der Waals surface area contributed by atoms with Gasteiger partial charge in [0.05, 0.1) is 0 Å². The van der Waals surface area contributed by atoms with Crippen LogP contribution in [-0.4, -0.2) is 22.0 Å². The van der Waals surface area contributed by atoms with Crippen LogP contribution in [0, 0.1) is 0 Å². The maximum Gasteiger partial charge on any atom is 0.323 e. The Hall–Kier alpha value is 0.01000. The van der Waals surface area contributed by atoms with E-state index in [9.17, 15) is 4.79 Å². The lowest BCUT2D eigenvalue weighted by molar-refractivity contribution is -0.138. The standard InChI is InChI=1S/C3H5Cl2NO2/c4-2(5)1(6)3(7)8/h1-2H,6H2,(H,7,8). The molecule has 0 radical (unpaired) electrons. The Morgan fingerprint density at radius 3 is 2.00 bits per heavy atom. The highest BCUT2D eigenvalue weighted by molar-refractivity contribution is 6.45. The Kier molecular flexibility index (Phi) is 3.12. The molecule has 0 fully saturated rings. The van der Waals surface area contributed by atoms with Crippen molar-refractivity contribution >= 4 is 29.2 Å². The van der Waals surface area contributed by atoms with Gasteiger partial charge in [0.2, 0.25) is 0 Å². The molecule has 8 heavy (non-hydrogen) atoms. The average Bonchev–Trinajstić information content (AvgIpc) is 1.64. The van der Waals surface area contributed by atoms with Crippen molar-refractivity contribution in [3.05, 3.63) is 0 Å². The monoisotopic (exact) mass is 157 g/mol. The van der Waals surface area contributed by atoms with Gasteiger partial charge >= 0.3 is 5.97 Å². The fraction of sp³-hybridized carbons (Fsp3) is 0.667. The van der Waals surface area contributed by atoms with Gasteiger partial charge in [0.1, 0.15) is 10.9 Å². The van der Waals surface area contributed by atoms with Gasteiger partial charge in [-0.2, -0.15) is 0 Å². The molecule has 3 N–H and O–H groups in total. The number of carboxylic acids is 1. The number of hydrogen-bond donors (Lipinski definition) is 2. The lowest BCUT2D eigenvalue weighted by Crippen LogP contribution is -2.35. The topological polar surface area (TPSA) is 63.3 Å². The van der Waals surface area contributed by atoms with Crippen molar-refractivity contribution in [2.75, 3.05) is 0 Å². The summed E-state index contributed by atoms with van der Waals surface area (Å²) < 4.78 is 0. The van der Waals surface area contributed by atoms with Crippen LogP contribution in [0.3, 0.4) is 0 Å². The third-order valence-electron chi connectivity index (χ3n) is 0.557. The van der Waals surface area contributed by atoms with Crippen LogP contribution >= 0.6 is 23.2 Å². The van der Waals surface area contributed by atoms with E-state index in [4.69, 9.17) is 34.0 Å². The van der Waals surface area contributed by atoms with Crippen molar-refractivity contribution in [3.8, 4) is 0 Å². The fourth-order valence-electron chi connectivity index (χ4n) is 0.108. The Morgan fingerprint density at radius 1 is 1.62 bits per heavy atom. The van der Waals surface area contributed by atoms with Crippen LogP contribution in [0.1, 0.15) is 0 Å². The summed E-state index contributed by atoms with van der Waals surface area (Å²) in [6.07, 6.45) is 0. The van der Waals surface area contributed by atoms with Gasteiger partial charge in [-0.05, 0) is 0 Å². The van der Waals surface area contributed by atoms with Gasteiger partial charge in [-0.15, -0.1) is 23.2 Å². The van der Waals surface area contributed by atoms with E-state index in [-0.39, 0.29) is 0 Å². The summed E-state index contributed by atoms with van der Waals surface area (Å²) in [4.78, 5) is 8.81. The van der Waals surface area contributed by atoms with E-state index in [0.29, 0.717) is 0 Å². The fourth-order valence-corrected chi connectivity index (χ4v) is 0.323. The number of nitrogens with two attached hydrogens (primary N) is 1. The molecular formula is C3H5Cl2NO2. The van der Waals surface area contributed by atoms with E-state index in [0.717, 1.165) is 0 Å². The van der Waals surface area contributed by atoms with Gasteiger partial charge in [-0.3, -0.25) is 4.79 Å². The highest BCUT2D eigenvalue weighted by Gasteiger charge is 2.18. The molecule has 0 rings (SSSR count). The molecule has 0 aromatic carbocycles. The summed E-state index contributed by atoms with van der Waals surface area (Å²) in [6, 6.07) is -1.18. The molecule has 1 unspecified atom stereocenters. The number of rotatable bonds is 2. The molecule has 1 atom stereocenters. The molecule has 0 aromatic heterocycles. The van der Waals surface area contributed by atoms with E-state index in [1.54, 1.807) is 0 Å². The summed E-state index contributed by atoms with van der Waals surface area (Å²) in [5, 5.41) is 8.06. The van der Waals surface area contributed by atoms with Crippen molar-refractivity contribution < 1.29 is 9.90 Å². The van der Waals surface area contributed by atoms with Crippen LogP contribution in [0.15, 0.2) is 0 Å². The van der Waals surface area contributed by atoms with Crippen LogP contribution in [-0.2, 0) is 4.79 Å². The predicted octanol–water partition coefficient (Wildman–Crippen LogP) is 0.202. The maximum atomic E-state index is 9.85. The zero-order chi connectivity index (χ0) is 6.73. The molecular weight excluding hydrogens is 153 g/mol. The largest absolute Gasteiger partial charge is 0.480 e. The van der Waals surface area contributed by atoms with Gasteiger partial charge in [0, 0.05) is 0 Å². The number of hydrogen-bond acceptors (Lipinski definition) is 2. The summed E-state index contributed by atoms with van der Waals surface area (Å²) in [6.45, 7) is 0. The van der Waals surface area contributed by atoms with Crippen LogP contribution < -0.4 is 5.73 Å². The lowest BCUT2D eigenvalue weighted by Gasteiger charge is -2.03. The van der Waals surface area contributed by atoms with Gasteiger partial charge in [0.25, 0.3) is 0 Å². The zero-order valence-electron chi connectivity index (χ0n) is 3.84. The van der Waals surface area contributed by atoms with Crippen LogP contribution in [0.25, 0.3) is 0 Å². The quantitative estimate of drug-likeness (QED) is 0.564. The molecule has 0 amide bonds. The van der Waals surface area contributed by atoms with Gasteiger partial charge < -0.3 is 10.8 Å². The van der Waals surface area contributed by atoms with Crippen LogP contribution in [0.2, 0.25) is 0 Å². The normalized spacial score (nSPS) is 14.0. The third kappa shape index (κ3) is 2.35. The second kappa shape index (κ2) is 3.12. The molecule has 48 valence electrons. The van der Waals surface area contributed by atoms with Gasteiger partial charge in [-0.1, -0.05) is 0 Å². The average molecular weight is 158 g/mol. The number of halogens is 2. The molecule has 0 aliphatic carbocycles. The van der Waals surface area contributed by atoms with Crippen molar-refractivity contribution in [3.63, 3.8) is 0 Å². The SMILES string of the molecule is NC(C(=O)O)C(Cl)Cl.